The van der Waals surface area contributed by atoms with Crippen molar-refractivity contribution in [1.29, 1.82) is 0 Å². The van der Waals surface area contributed by atoms with Gasteiger partial charge in [-0.1, -0.05) is 41.4 Å². The van der Waals surface area contributed by atoms with Crippen LogP contribution in [0.15, 0.2) is 53.4 Å². The standard InChI is InChI=1S/C16H18ClN3O2S/c1-12-2-8-15(9-3-12)23(21,22)20-16(18)19-11-10-13-4-6-14(17)7-5-13/h2-9H,10-11H2,1H3,(H3,18,19,20)/p+1. The summed E-state index contributed by atoms with van der Waals surface area (Å²) in [6, 6.07) is 14.0. The van der Waals surface area contributed by atoms with Crippen molar-refractivity contribution in [2.75, 3.05) is 6.54 Å². The number of aryl methyl sites for hydroxylation is 1. The third-order valence-corrected chi connectivity index (χ3v) is 4.85. The predicted octanol–water partition coefficient (Wildman–Crippen LogP) is 0.565. The fourth-order valence-electron chi connectivity index (χ4n) is 1.95. The van der Waals surface area contributed by atoms with Gasteiger partial charge in [-0.25, -0.2) is 0 Å². The topological polar surface area (TPSA) is 86.2 Å². The van der Waals surface area contributed by atoms with Crippen LogP contribution in [0.3, 0.4) is 0 Å². The van der Waals surface area contributed by atoms with Crippen LogP contribution in [-0.4, -0.2) is 20.9 Å². The highest BCUT2D eigenvalue weighted by Gasteiger charge is 2.18. The van der Waals surface area contributed by atoms with Crippen LogP contribution < -0.4 is 15.4 Å². The van der Waals surface area contributed by atoms with Gasteiger partial charge < -0.3 is 0 Å². The number of benzene rings is 2. The minimum atomic E-state index is -3.67. The molecule has 0 fully saturated rings. The molecule has 0 saturated heterocycles. The van der Waals surface area contributed by atoms with Gasteiger partial charge >= 0.3 is 16.0 Å². The molecule has 23 heavy (non-hydrogen) atoms. The Morgan fingerprint density at radius 3 is 2.35 bits per heavy atom. The second-order valence-corrected chi connectivity index (χ2v) is 7.25. The molecule has 122 valence electrons. The summed E-state index contributed by atoms with van der Waals surface area (Å²) in [4.78, 5) is 3.03. The molecule has 0 amide bonds. The molecule has 0 radical (unpaired) electrons. The van der Waals surface area contributed by atoms with Gasteiger partial charge in [0.2, 0.25) is 0 Å². The first-order valence-corrected chi connectivity index (χ1v) is 8.93. The van der Waals surface area contributed by atoms with Gasteiger partial charge in [-0.3, -0.25) is 10.7 Å². The van der Waals surface area contributed by atoms with Crippen molar-refractivity contribution in [1.82, 2.24) is 4.72 Å². The van der Waals surface area contributed by atoms with Crippen molar-refractivity contribution in [3.8, 4) is 0 Å². The Bertz CT molecular complexity index is 785. The largest absolute Gasteiger partial charge is 0.356 e. The highest BCUT2D eigenvalue weighted by Crippen LogP contribution is 2.10. The molecule has 2 rings (SSSR count). The molecule has 0 bridgehead atoms. The summed E-state index contributed by atoms with van der Waals surface area (Å²) in [5.74, 6) is -0.000427. The number of halogens is 1. The van der Waals surface area contributed by atoms with E-state index in [1.165, 1.54) is 0 Å². The molecule has 0 aliphatic rings. The van der Waals surface area contributed by atoms with Crippen molar-refractivity contribution >= 4 is 27.6 Å². The SMILES string of the molecule is Cc1ccc(S(=O)(=O)NC(N)=[NH+]CCc2ccc(Cl)cc2)cc1. The van der Waals surface area contributed by atoms with Crippen molar-refractivity contribution in [2.24, 2.45) is 5.73 Å². The quantitative estimate of drug-likeness (QED) is 0.543. The molecule has 5 nitrogen and oxygen atoms in total. The van der Waals surface area contributed by atoms with Crippen molar-refractivity contribution in [2.45, 2.75) is 18.2 Å². The zero-order valence-electron chi connectivity index (χ0n) is 12.7. The molecular weight excluding hydrogens is 334 g/mol. The van der Waals surface area contributed by atoms with Crippen LogP contribution in [0.1, 0.15) is 11.1 Å². The van der Waals surface area contributed by atoms with E-state index in [1.807, 2.05) is 31.2 Å². The summed E-state index contributed by atoms with van der Waals surface area (Å²) in [7, 11) is -3.67. The number of guanidine groups is 1. The maximum Gasteiger partial charge on any atom is 0.356 e. The monoisotopic (exact) mass is 352 g/mol. The molecule has 2 aromatic rings. The normalized spacial score (nSPS) is 12.2. The van der Waals surface area contributed by atoms with E-state index in [2.05, 4.69) is 9.71 Å². The van der Waals surface area contributed by atoms with Gasteiger partial charge in [0.1, 0.15) is 4.90 Å². The maximum atomic E-state index is 12.2. The van der Waals surface area contributed by atoms with Crippen molar-refractivity contribution < 1.29 is 13.4 Å². The number of rotatable bonds is 5. The van der Waals surface area contributed by atoms with Gasteiger partial charge in [0.05, 0.1) is 6.54 Å². The Kier molecular flexibility index (Phi) is 5.63. The van der Waals surface area contributed by atoms with Gasteiger partial charge in [-0.15, -0.1) is 0 Å². The first-order valence-electron chi connectivity index (χ1n) is 7.07. The lowest BCUT2D eigenvalue weighted by molar-refractivity contribution is -0.459. The molecule has 0 saturated carbocycles. The fraction of sp³-hybridized carbons (Fsp3) is 0.188. The van der Waals surface area contributed by atoms with E-state index in [0.717, 1.165) is 11.1 Å². The Labute approximate surface area is 141 Å². The molecule has 0 aliphatic heterocycles. The first-order chi connectivity index (χ1) is 10.9. The van der Waals surface area contributed by atoms with E-state index < -0.39 is 10.0 Å². The Morgan fingerprint density at radius 1 is 1.13 bits per heavy atom. The second-order valence-electron chi connectivity index (χ2n) is 5.14. The predicted molar refractivity (Wildman–Crippen MR) is 91.7 cm³/mol. The third-order valence-electron chi connectivity index (χ3n) is 3.22. The minimum absolute atomic E-state index is 0.000427. The first kappa shape index (κ1) is 17.3. The molecule has 2 aromatic carbocycles. The summed E-state index contributed by atoms with van der Waals surface area (Å²) in [6.07, 6.45) is 0.699. The second kappa shape index (κ2) is 7.48. The van der Waals surface area contributed by atoms with Crippen LogP contribution >= 0.6 is 11.6 Å². The lowest BCUT2D eigenvalue weighted by atomic mass is 10.1. The molecule has 0 aliphatic carbocycles. The van der Waals surface area contributed by atoms with Crippen LogP contribution in [0.2, 0.25) is 5.02 Å². The van der Waals surface area contributed by atoms with E-state index >= 15 is 0 Å². The Hall–Kier alpha value is -2.05. The van der Waals surface area contributed by atoms with Gasteiger partial charge in [0, 0.05) is 11.4 Å². The summed E-state index contributed by atoms with van der Waals surface area (Å²) < 4.78 is 26.6. The molecule has 0 unspecified atom stereocenters. The molecular formula is C16H19ClN3O2S+. The smallest absolute Gasteiger partial charge is 0.290 e. The van der Waals surface area contributed by atoms with Gasteiger partial charge in [0.25, 0.3) is 0 Å². The van der Waals surface area contributed by atoms with Crippen LogP contribution in [0, 0.1) is 6.92 Å². The molecule has 0 heterocycles. The van der Waals surface area contributed by atoms with E-state index in [-0.39, 0.29) is 10.9 Å². The van der Waals surface area contributed by atoms with Crippen LogP contribution in [0.4, 0.5) is 0 Å². The highest BCUT2D eigenvalue weighted by atomic mass is 35.5. The zero-order valence-corrected chi connectivity index (χ0v) is 14.3. The number of hydrogen-bond acceptors (Lipinski definition) is 2. The lowest BCUT2D eigenvalue weighted by Crippen LogP contribution is -2.79. The molecule has 0 spiro atoms. The molecule has 0 aromatic heterocycles. The fourth-order valence-corrected chi connectivity index (χ4v) is 3.05. The van der Waals surface area contributed by atoms with Crippen LogP contribution in [-0.2, 0) is 16.4 Å². The molecule has 0 atom stereocenters. The molecule has 7 heteroatoms. The van der Waals surface area contributed by atoms with Crippen molar-refractivity contribution in [3.63, 3.8) is 0 Å². The third kappa shape index (κ3) is 5.26. The van der Waals surface area contributed by atoms with E-state index in [4.69, 9.17) is 17.3 Å². The Balaban J connectivity index is 1.95. The average Bonchev–Trinajstić information content (AvgIpc) is 2.49. The highest BCUT2D eigenvalue weighted by molar-refractivity contribution is 7.90. The van der Waals surface area contributed by atoms with Crippen LogP contribution in [0.25, 0.3) is 0 Å². The van der Waals surface area contributed by atoms with Gasteiger partial charge in [-0.2, -0.15) is 13.1 Å². The van der Waals surface area contributed by atoms with E-state index in [1.54, 1.807) is 24.3 Å². The van der Waals surface area contributed by atoms with Gasteiger partial charge in [-0.05, 0) is 36.8 Å². The van der Waals surface area contributed by atoms with E-state index in [0.29, 0.717) is 18.0 Å². The van der Waals surface area contributed by atoms with E-state index in [9.17, 15) is 8.42 Å². The molecule has 4 N–H and O–H groups in total. The minimum Gasteiger partial charge on any atom is -0.290 e. The maximum absolute atomic E-state index is 12.2. The van der Waals surface area contributed by atoms with Crippen molar-refractivity contribution in [3.05, 3.63) is 64.7 Å². The Morgan fingerprint density at radius 2 is 1.74 bits per heavy atom. The lowest BCUT2D eigenvalue weighted by Gasteiger charge is -2.03. The number of sulfonamides is 1. The summed E-state index contributed by atoms with van der Waals surface area (Å²) in [5.41, 5.74) is 7.78. The summed E-state index contributed by atoms with van der Waals surface area (Å²) in [6.45, 7) is 2.40. The summed E-state index contributed by atoms with van der Waals surface area (Å²) in [5, 5.41) is 0.679. The number of nitrogens with two attached hydrogens (primary N) is 1. The number of hydrogen-bond donors (Lipinski definition) is 3. The summed E-state index contributed by atoms with van der Waals surface area (Å²) >= 11 is 5.82. The number of nitrogens with one attached hydrogen (secondary N) is 2. The van der Waals surface area contributed by atoms with Gasteiger partial charge in [0.15, 0.2) is 0 Å². The zero-order chi connectivity index (χ0) is 16.9. The van der Waals surface area contributed by atoms with Crippen LogP contribution in [0.5, 0.6) is 0 Å². The average molecular weight is 353 g/mol.